The highest BCUT2D eigenvalue weighted by Gasteiger charge is 2.45. The van der Waals surface area contributed by atoms with Gasteiger partial charge in [-0.2, -0.15) is 13.2 Å². The molecular weight excluding hydrogens is 319 g/mol. The zero-order valence-electron chi connectivity index (χ0n) is 13.1. The van der Waals surface area contributed by atoms with Gasteiger partial charge < -0.3 is 9.30 Å². The Morgan fingerprint density at radius 3 is 2.54 bits per heavy atom. The van der Waals surface area contributed by atoms with Crippen LogP contribution in [0, 0.1) is 5.41 Å². The highest BCUT2D eigenvalue weighted by molar-refractivity contribution is 5.95. The molecule has 4 nitrogen and oxygen atoms in total. The average Bonchev–Trinajstić information content (AvgIpc) is 2.96. The standard InChI is InChI=1S/C17H18F3N3O/c18-17(19,20)13-9-22-7-4-12(8-14(22)21-13)15(24)23-10-16(11-23)5-2-1-3-6-16/h4,7-9H,1-3,5-6,10-11H2. The molecule has 0 bridgehead atoms. The van der Waals surface area contributed by atoms with Crippen LogP contribution in [0.4, 0.5) is 13.2 Å². The van der Waals surface area contributed by atoms with Gasteiger partial charge in [-0.15, -0.1) is 0 Å². The van der Waals surface area contributed by atoms with Gasteiger partial charge in [0.05, 0.1) is 0 Å². The number of halogens is 3. The fourth-order valence-electron chi connectivity index (χ4n) is 3.96. The number of carbonyl (C=O) groups is 1. The smallest absolute Gasteiger partial charge is 0.337 e. The van der Waals surface area contributed by atoms with Crippen molar-refractivity contribution in [2.45, 2.75) is 38.3 Å². The van der Waals surface area contributed by atoms with Crippen molar-refractivity contribution >= 4 is 11.6 Å². The summed E-state index contributed by atoms with van der Waals surface area (Å²) in [5.74, 6) is -0.120. The summed E-state index contributed by atoms with van der Waals surface area (Å²) < 4.78 is 39.5. The van der Waals surface area contributed by atoms with Gasteiger partial charge in [-0.05, 0) is 25.0 Å². The van der Waals surface area contributed by atoms with E-state index in [0.717, 1.165) is 19.3 Å². The van der Waals surface area contributed by atoms with E-state index in [1.807, 2.05) is 0 Å². The second-order valence-electron chi connectivity index (χ2n) is 7.03. The molecule has 1 saturated carbocycles. The number of pyridine rings is 1. The Kier molecular flexibility index (Phi) is 3.37. The fraction of sp³-hybridized carbons (Fsp3) is 0.529. The third-order valence-corrected chi connectivity index (χ3v) is 5.25. The van der Waals surface area contributed by atoms with Crippen LogP contribution in [0.5, 0.6) is 0 Å². The average molecular weight is 337 g/mol. The summed E-state index contributed by atoms with van der Waals surface area (Å²) in [6.45, 7) is 1.53. The van der Waals surface area contributed by atoms with E-state index >= 15 is 0 Å². The van der Waals surface area contributed by atoms with Gasteiger partial charge in [0.25, 0.3) is 5.91 Å². The molecule has 1 aliphatic carbocycles. The predicted molar refractivity (Wildman–Crippen MR) is 81.6 cm³/mol. The summed E-state index contributed by atoms with van der Waals surface area (Å²) in [5, 5.41) is 0. The molecule has 1 amide bonds. The Hall–Kier alpha value is -2.05. The first kappa shape index (κ1) is 15.5. The molecule has 2 aromatic rings. The zero-order chi connectivity index (χ0) is 16.9. The van der Waals surface area contributed by atoms with Crippen LogP contribution >= 0.6 is 0 Å². The van der Waals surface area contributed by atoms with E-state index in [-0.39, 0.29) is 17.0 Å². The summed E-state index contributed by atoms with van der Waals surface area (Å²) in [7, 11) is 0. The number of rotatable bonds is 1. The van der Waals surface area contributed by atoms with Crippen molar-refractivity contribution in [1.29, 1.82) is 0 Å². The minimum Gasteiger partial charge on any atom is -0.337 e. The van der Waals surface area contributed by atoms with Crippen molar-refractivity contribution in [2.24, 2.45) is 5.41 Å². The van der Waals surface area contributed by atoms with Crippen molar-refractivity contribution < 1.29 is 18.0 Å². The molecule has 2 aromatic heterocycles. The van der Waals surface area contributed by atoms with E-state index in [1.54, 1.807) is 11.0 Å². The first-order chi connectivity index (χ1) is 11.4. The molecule has 2 fully saturated rings. The lowest BCUT2D eigenvalue weighted by atomic mass is 9.68. The largest absolute Gasteiger partial charge is 0.434 e. The van der Waals surface area contributed by atoms with E-state index in [9.17, 15) is 18.0 Å². The molecule has 0 aromatic carbocycles. The molecule has 0 atom stereocenters. The maximum absolute atomic E-state index is 12.7. The lowest BCUT2D eigenvalue weighted by Crippen LogP contribution is -2.59. The zero-order valence-corrected chi connectivity index (χ0v) is 13.1. The van der Waals surface area contributed by atoms with Gasteiger partial charge in [-0.25, -0.2) is 4.98 Å². The van der Waals surface area contributed by atoms with Gasteiger partial charge in [0.15, 0.2) is 5.69 Å². The number of likely N-dealkylation sites (tertiary alicyclic amines) is 1. The number of nitrogens with zero attached hydrogens (tertiary/aromatic N) is 3. The van der Waals surface area contributed by atoms with Gasteiger partial charge in [0.1, 0.15) is 5.65 Å². The Labute approximate surface area is 137 Å². The monoisotopic (exact) mass is 337 g/mol. The van der Waals surface area contributed by atoms with E-state index < -0.39 is 11.9 Å². The van der Waals surface area contributed by atoms with Crippen LogP contribution in [0.3, 0.4) is 0 Å². The predicted octanol–water partition coefficient (Wildman–Crippen LogP) is 3.76. The molecule has 3 heterocycles. The number of hydrogen-bond acceptors (Lipinski definition) is 2. The molecular formula is C17H18F3N3O. The Bertz CT molecular complexity index is 782. The van der Waals surface area contributed by atoms with E-state index in [2.05, 4.69) is 4.98 Å². The van der Waals surface area contributed by atoms with Crippen LogP contribution in [0.1, 0.15) is 48.2 Å². The molecule has 1 saturated heterocycles. The number of amides is 1. The third-order valence-electron chi connectivity index (χ3n) is 5.25. The molecule has 0 unspecified atom stereocenters. The summed E-state index contributed by atoms with van der Waals surface area (Å²) in [6.07, 6.45) is 3.97. The Morgan fingerprint density at radius 2 is 1.88 bits per heavy atom. The van der Waals surface area contributed by atoms with Crippen LogP contribution < -0.4 is 0 Å². The molecule has 0 N–H and O–H groups in total. The van der Waals surface area contributed by atoms with Crippen LogP contribution in [-0.4, -0.2) is 33.3 Å². The lowest BCUT2D eigenvalue weighted by Gasteiger charge is -2.52. The SMILES string of the molecule is O=C(c1ccn2cc(C(F)(F)F)nc2c1)N1CC2(CCCCC2)C1. The van der Waals surface area contributed by atoms with Crippen molar-refractivity contribution in [2.75, 3.05) is 13.1 Å². The summed E-state index contributed by atoms with van der Waals surface area (Å²) in [4.78, 5) is 17.9. The first-order valence-electron chi connectivity index (χ1n) is 8.22. The quantitative estimate of drug-likeness (QED) is 0.795. The Morgan fingerprint density at radius 1 is 1.17 bits per heavy atom. The summed E-state index contributed by atoms with van der Waals surface area (Å²) in [5.41, 5.74) is -0.125. The number of carbonyl (C=O) groups excluding carboxylic acids is 1. The maximum atomic E-state index is 12.7. The van der Waals surface area contributed by atoms with Gasteiger partial charge in [-0.1, -0.05) is 19.3 Å². The van der Waals surface area contributed by atoms with Crippen molar-refractivity contribution in [3.63, 3.8) is 0 Å². The molecule has 24 heavy (non-hydrogen) atoms. The maximum Gasteiger partial charge on any atom is 0.434 e. The van der Waals surface area contributed by atoms with Gasteiger partial charge in [0, 0.05) is 36.5 Å². The van der Waals surface area contributed by atoms with Crippen molar-refractivity contribution in [3.05, 3.63) is 35.8 Å². The molecule has 1 spiro atoms. The number of hydrogen-bond donors (Lipinski definition) is 0. The van der Waals surface area contributed by atoms with Crippen LogP contribution in [0.2, 0.25) is 0 Å². The van der Waals surface area contributed by atoms with Crippen molar-refractivity contribution in [3.8, 4) is 0 Å². The molecule has 7 heteroatoms. The number of fused-ring (bicyclic) bond motifs is 1. The summed E-state index contributed by atoms with van der Waals surface area (Å²) in [6, 6.07) is 2.99. The molecule has 2 aliphatic rings. The van der Waals surface area contributed by atoms with Crippen LogP contribution in [0.15, 0.2) is 24.5 Å². The number of alkyl halides is 3. The van der Waals surface area contributed by atoms with Crippen LogP contribution in [0.25, 0.3) is 5.65 Å². The lowest BCUT2D eigenvalue weighted by molar-refractivity contribution is -0.140. The summed E-state index contributed by atoms with van der Waals surface area (Å²) >= 11 is 0. The molecule has 4 rings (SSSR count). The van der Waals surface area contributed by atoms with Gasteiger partial charge in [0.2, 0.25) is 0 Å². The molecule has 128 valence electrons. The van der Waals surface area contributed by atoms with Gasteiger partial charge >= 0.3 is 6.18 Å². The first-order valence-corrected chi connectivity index (χ1v) is 8.22. The number of imidazole rings is 1. The molecule has 0 radical (unpaired) electrons. The Balaban J connectivity index is 1.53. The van der Waals surface area contributed by atoms with E-state index in [0.29, 0.717) is 5.56 Å². The minimum absolute atomic E-state index is 0.120. The number of aromatic nitrogens is 2. The molecule has 1 aliphatic heterocycles. The van der Waals surface area contributed by atoms with E-state index in [1.165, 1.54) is 48.8 Å². The highest BCUT2D eigenvalue weighted by atomic mass is 19.4. The second-order valence-corrected chi connectivity index (χ2v) is 7.03. The topological polar surface area (TPSA) is 37.6 Å². The minimum atomic E-state index is -4.49. The van der Waals surface area contributed by atoms with E-state index in [4.69, 9.17) is 0 Å². The van der Waals surface area contributed by atoms with Gasteiger partial charge in [-0.3, -0.25) is 4.79 Å². The normalized spacial score (nSPS) is 20.4. The van der Waals surface area contributed by atoms with Crippen LogP contribution in [-0.2, 0) is 6.18 Å². The van der Waals surface area contributed by atoms with Crippen molar-refractivity contribution in [1.82, 2.24) is 14.3 Å². The fourth-order valence-corrected chi connectivity index (χ4v) is 3.96. The second kappa shape index (κ2) is 5.22. The highest BCUT2D eigenvalue weighted by Crippen LogP contribution is 2.44. The third kappa shape index (κ3) is 2.56.